The number of benzene rings is 1. The minimum absolute atomic E-state index is 0.129. The van der Waals surface area contributed by atoms with Crippen molar-refractivity contribution < 1.29 is 4.79 Å². The first-order chi connectivity index (χ1) is 13.4. The second-order valence-corrected chi connectivity index (χ2v) is 9.16. The van der Waals surface area contributed by atoms with Crippen LogP contribution in [0, 0.1) is 19.8 Å². The Morgan fingerprint density at radius 1 is 1.32 bits per heavy atom. The number of aryl methyl sites for hydroxylation is 2. The van der Waals surface area contributed by atoms with Crippen LogP contribution in [-0.4, -0.2) is 29.0 Å². The van der Waals surface area contributed by atoms with Gasteiger partial charge in [0.05, 0.1) is 10.9 Å². The molecule has 1 aliphatic heterocycles. The van der Waals surface area contributed by atoms with Crippen molar-refractivity contribution >= 4 is 50.6 Å². The van der Waals surface area contributed by atoms with Crippen LogP contribution in [0.5, 0.6) is 0 Å². The van der Waals surface area contributed by atoms with Crippen LogP contribution in [0.1, 0.15) is 40.6 Å². The molecule has 3 heterocycles. The molecule has 3 aromatic rings. The van der Waals surface area contributed by atoms with E-state index in [1.807, 2.05) is 26.0 Å². The summed E-state index contributed by atoms with van der Waals surface area (Å²) in [4.78, 5) is 26.4. The van der Waals surface area contributed by atoms with Gasteiger partial charge in [0, 0.05) is 28.7 Å². The molecule has 0 saturated carbocycles. The summed E-state index contributed by atoms with van der Waals surface area (Å²) in [6, 6.07) is 5.47. The number of rotatable bonds is 3. The molecule has 0 aliphatic carbocycles. The Balaban J connectivity index is 1.76. The predicted molar refractivity (Wildman–Crippen MR) is 117 cm³/mol. The summed E-state index contributed by atoms with van der Waals surface area (Å²) in [7, 11) is 0. The third-order valence-electron chi connectivity index (χ3n) is 5.26. The van der Waals surface area contributed by atoms with E-state index in [9.17, 15) is 4.79 Å². The van der Waals surface area contributed by atoms with Crippen LogP contribution in [0.4, 0.5) is 11.5 Å². The van der Waals surface area contributed by atoms with Crippen LogP contribution in [0.2, 0.25) is 5.02 Å². The van der Waals surface area contributed by atoms with Gasteiger partial charge in [0.2, 0.25) is 0 Å². The van der Waals surface area contributed by atoms with Gasteiger partial charge >= 0.3 is 0 Å². The van der Waals surface area contributed by atoms with Gasteiger partial charge in [-0.1, -0.05) is 18.5 Å². The van der Waals surface area contributed by atoms with Crippen LogP contribution in [0.15, 0.2) is 24.5 Å². The third kappa shape index (κ3) is 3.59. The number of halogens is 1. The molecule has 1 fully saturated rings. The maximum atomic E-state index is 13.2. The fraction of sp³-hybridized carbons (Fsp3) is 0.381. The third-order valence-corrected chi connectivity index (χ3v) is 6.51. The van der Waals surface area contributed by atoms with Crippen LogP contribution in [0.25, 0.3) is 10.2 Å². The Morgan fingerprint density at radius 2 is 2.14 bits per heavy atom. The van der Waals surface area contributed by atoms with E-state index < -0.39 is 0 Å². The lowest BCUT2D eigenvalue weighted by atomic mass is 10.00. The number of aromatic nitrogens is 2. The van der Waals surface area contributed by atoms with Crippen molar-refractivity contribution in [2.24, 2.45) is 5.92 Å². The first-order valence-corrected chi connectivity index (χ1v) is 10.7. The number of nitrogens with one attached hydrogen (secondary N) is 1. The van der Waals surface area contributed by atoms with Crippen molar-refractivity contribution in [3.8, 4) is 0 Å². The predicted octanol–water partition coefficient (Wildman–Crippen LogP) is 5.45. The highest BCUT2D eigenvalue weighted by Gasteiger charge is 2.26. The maximum Gasteiger partial charge on any atom is 0.257 e. The van der Waals surface area contributed by atoms with Crippen molar-refractivity contribution in [1.29, 1.82) is 0 Å². The molecule has 28 heavy (non-hydrogen) atoms. The lowest BCUT2D eigenvalue weighted by Crippen LogP contribution is -2.35. The standard InChI is InChI=1S/C21H23ClN4OS/c1-12-5-4-8-26(10-12)19-18-17(14(3)28-21(18)24-11-23-19)20(27)25-16-7-6-15(22)9-13(16)2/h6-7,9,11-12H,4-5,8,10H2,1-3H3,(H,25,27). The average Bonchev–Trinajstić information content (AvgIpc) is 3.00. The van der Waals surface area contributed by atoms with Crippen molar-refractivity contribution in [3.05, 3.63) is 45.6 Å². The zero-order valence-corrected chi connectivity index (χ0v) is 17.8. The Labute approximate surface area is 173 Å². The van der Waals surface area contributed by atoms with Gasteiger partial charge in [-0.2, -0.15) is 0 Å². The summed E-state index contributed by atoms with van der Waals surface area (Å²) in [5, 5.41) is 4.57. The fourth-order valence-electron chi connectivity index (χ4n) is 3.88. The molecule has 1 aromatic carbocycles. The van der Waals surface area contributed by atoms with Crippen molar-refractivity contribution in [3.63, 3.8) is 0 Å². The van der Waals surface area contributed by atoms with Gasteiger partial charge in [0.15, 0.2) is 0 Å². The number of hydrogen-bond donors (Lipinski definition) is 1. The number of hydrogen-bond acceptors (Lipinski definition) is 5. The molecule has 2 aromatic heterocycles. The largest absolute Gasteiger partial charge is 0.356 e. The summed E-state index contributed by atoms with van der Waals surface area (Å²) in [6.45, 7) is 8.09. The molecule has 1 amide bonds. The van der Waals surface area contributed by atoms with Gasteiger partial charge in [-0.15, -0.1) is 11.3 Å². The normalized spacial score (nSPS) is 17.1. The lowest BCUT2D eigenvalue weighted by Gasteiger charge is -2.32. The second-order valence-electron chi connectivity index (χ2n) is 7.52. The number of amides is 1. The topological polar surface area (TPSA) is 58.1 Å². The van der Waals surface area contributed by atoms with E-state index >= 15 is 0 Å². The summed E-state index contributed by atoms with van der Waals surface area (Å²) in [5.74, 6) is 1.36. The Morgan fingerprint density at radius 3 is 2.89 bits per heavy atom. The molecule has 146 valence electrons. The first-order valence-electron chi connectivity index (χ1n) is 9.50. The Bertz CT molecular complexity index is 1050. The van der Waals surface area contributed by atoms with Crippen molar-refractivity contribution in [2.45, 2.75) is 33.6 Å². The monoisotopic (exact) mass is 414 g/mol. The van der Waals surface area contributed by atoms with Crippen LogP contribution >= 0.6 is 22.9 Å². The molecule has 4 rings (SSSR count). The number of fused-ring (bicyclic) bond motifs is 1. The highest BCUT2D eigenvalue weighted by Crippen LogP contribution is 2.37. The molecule has 1 N–H and O–H groups in total. The highest BCUT2D eigenvalue weighted by molar-refractivity contribution is 7.19. The summed E-state index contributed by atoms with van der Waals surface area (Å²) >= 11 is 7.59. The molecule has 0 bridgehead atoms. The van der Waals surface area contributed by atoms with Crippen LogP contribution in [0.3, 0.4) is 0 Å². The Hall–Kier alpha value is -2.18. The lowest BCUT2D eigenvalue weighted by molar-refractivity contribution is 0.102. The van der Waals surface area contributed by atoms with E-state index in [4.69, 9.17) is 11.6 Å². The SMILES string of the molecule is Cc1cc(Cl)ccc1NC(=O)c1c(C)sc2ncnc(N3CCCC(C)C3)c12. The highest BCUT2D eigenvalue weighted by atomic mass is 35.5. The van der Waals surface area contributed by atoms with Crippen LogP contribution < -0.4 is 10.2 Å². The zero-order chi connectivity index (χ0) is 19.8. The first kappa shape index (κ1) is 19.2. The van der Waals surface area contributed by atoms with E-state index in [0.29, 0.717) is 16.5 Å². The molecule has 5 nitrogen and oxygen atoms in total. The Kier molecular flexibility index (Phi) is 5.25. The smallest absolute Gasteiger partial charge is 0.257 e. The van der Waals surface area contributed by atoms with Crippen molar-refractivity contribution in [2.75, 3.05) is 23.3 Å². The number of anilines is 2. The number of carbonyl (C=O) groups excluding carboxylic acids is 1. The van der Waals surface area contributed by atoms with Gasteiger partial charge in [-0.25, -0.2) is 9.97 Å². The average molecular weight is 415 g/mol. The molecular formula is C21H23ClN4OS. The fourth-order valence-corrected chi connectivity index (χ4v) is 5.08. The molecule has 0 radical (unpaired) electrons. The van der Waals surface area contributed by atoms with Crippen molar-refractivity contribution in [1.82, 2.24) is 9.97 Å². The van der Waals surface area contributed by atoms with E-state index in [2.05, 4.69) is 27.1 Å². The van der Waals surface area contributed by atoms with Gasteiger partial charge in [0.25, 0.3) is 5.91 Å². The molecule has 1 aliphatic rings. The number of thiophene rings is 1. The van der Waals surface area contributed by atoms with E-state index in [0.717, 1.165) is 51.7 Å². The van der Waals surface area contributed by atoms with E-state index in [1.54, 1.807) is 23.7 Å². The van der Waals surface area contributed by atoms with Gasteiger partial charge in [-0.05, 0) is 56.4 Å². The molecule has 1 unspecified atom stereocenters. The number of piperidine rings is 1. The zero-order valence-electron chi connectivity index (χ0n) is 16.3. The molecule has 7 heteroatoms. The molecule has 1 saturated heterocycles. The second kappa shape index (κ2) is 7.68. The maximum absolute atomic E-state index is 13.2. The summed E-state index contributed by atoms with van der Waals surface area (Å²) in [5.41, 5.74) is 2.36. The summed E-state index contributed by atoms with van der Waals surface area (Å²) in [6.07, 6.45) is 3.98. The minimum Gasteiger partial charge on any atom is -0.356 e. The number of carbonyl (C=O) groups is 1. The van der Waals surface area contributed by atoms with Crippen LogP contribution in [-0.2, 0) is 0 Å². The molecule has 0 spiro atoms. The quantitative estimate of drug-likeness (QED) is 0.619. The summed E-state index contributed by atoms with van der Waals surface area (Å²) < 4.78 is 0. The van der Waals surface area contributed by atoms with E-state index in [1.165, 1.54) is 6.42 Å². The minimum atomic E-state index is -0.129. The number of nitrogens with zero attached hydrogens (tertiary/aromatic N) is 3. The molecular weight excluding hydrogens is 392 g/mol. The van der Waals surface area contributed by atoms with Gasteiger partial charge in [0.1, 0.15) is 17.0 Å². The molecule has 1 atom stereocenters. The van der Waals surface area contributed by atoms with Gasteiger partial charge in [-0.3, -0.25) is 4.79 Å². The van der Waals surface area contributed by atoms with E-state index in [-0.39, 0.29) is 5.91 Å². The van der Waals surface area contributed by atoms with Gasteiger partial charge < -0.3 is 10.2 Å².